The van der Waals surface area contributed by atoms with Gasteiger partial charge in [-0.2, -0.15) is 0 Å². The Kier molecular flexibility index (Phi) is 5.74. The summed E-state index contributed by atoms with van der Waals surface area (Å²) >= 11 is 0. The summed E-state index contributed by atoms with van der Waals surface area (Å²) in [4.78, 5) is 17.8. The molecule has 5 nitrogen and oxygen atoms in total. The lowest BCUT2D eigenvalue weighted by molar-refractivity contribution is -0.138. The van der Waals surface area contributed by atoms with Gasteiger partial charge in [0.2, 0.25) is 0 Å². The number of hydrogen-bond acceptors (Lipinski definition) is 4. The van der Waals surface area contributed by atoms with E-state index in [9.17, 15) is 4.79 Å². The largest absolute Gasteiger partial charge is 0.480 e. The van der Waals surface area contributed by atoms with E-state index in [0.29, 0.717) is 0 Å². The number of nitrogens with zero attached hydrogens (tertiary/aromatic N) is 3. The van der Waals surface area contributed by atoms with Crippen molar-refractivity contribution >= 4 is 29.5 Å². The zero-order valence-corrected chi connectivity index (χ0v) is 16.1. The molecule has 2 aromatic carbocycles. The number of para-hydroxylation sites is 2. The molecular weight excluding hydrogens is 350 g/mol. The number of carboxylic acid groups (broad SMARTS) is 1. The summed E-state index contributed by atoms with van der Waals surface area (Å²) in [5.41, 5.74) is 5.02. The van der Waals surface area contributed by atoms with E-state index in [0.717, 1.165) is 45.7 Å². The predicted octanol–water partition coefficient (Wildman–Crippen LogP) is 3.40. The Morgan fingerprint density at radius 3 is 1.89 bits per heavy atom. The third-order valence-corrected chi connectivity index (χ3v) is 5.58. The molecule has 0 amide bonds. The van der Waals surface area contributed by atoms with Gasteiger partial charge < -0.3 is 14.9 Å². The Labute approximate surface area is 166 Å². The van der Waals surface area contributed by atoms with E-state index in [1.807, 2.05) is 4.90 Å². The van der Waals surface area contributed by atoms with Crippen LogP contribution in [-0.2, 0) is 4.79 Å². The van der Waals surface area contributed by atoms with E-state index in [1.54, 1.807) is 0 Å². The standard InChI is InChI=1S/C23H27N3O2/c27-23(28)18-25-16-14-24(15-17-25)12-5-13-26-21-8-3-1-6-19(21)10-11-20-7-2-4-9-22(20)26/h1-4,6-11H,5,12-18H2,(H,27,28). The molecule has 1 N–H and O–H groups in total. The van der Waals surface area contributed by atoms with E-state index in [1.165, 1.54) is 22.5 Å². The fraction of sp³-hybridized carbons (Fsp3) is 0.348. The molecule has 0 saturated carbocycles. The highest BCUT2D eigenvalue weighted by Gasteiger charge is 2.20. The Balaban J connectivity index is 1.40. The summed E-state index contributed by atoms with van der Waals surface area (Å²) in [6.07, 6.45) is 5.48. The van der Waals surface area contributed by atoms with Crippen LogP contribution in [0.5, 0.6) is 0 Å². The summed E-state index contributed by atoms with van der Waals surface area (Å²) in [6.45, 7) is 5.73. The molecule has 1 saturated heterocycles. The molecule has 2 heterocycles. The van der Waals surface area contributed by atoms with Crippen LogP contribution in [-0.4, -0.2) is 66.7 Å². The van der Waals surface area contributed by atoms with E-state index < -0.39 is 5.97 Å². The molecule has 0 radical (unpaired) electrons. The number of piperazine rings is 1. The second-order valence-corrected chi connectivity index (χ2v) is 7.47. The van der Waals surface area contributed by atoms with Crippen molar-refractivity contribution in [1.29, 1.82) is 0 Å². The quantitative estimate of drug-likeness (QED) is 0.836. The van der Waals surface area contributed by atoms with Gasteiger partial charge >= 0.3 is 5.97 Å². The molecule has 0 aromatic heterocycles. The summed E-state index contributed by atoms with van der Waals surface area (Å²) in [5.74, 6) is -0.736. The molecule has 1 fully saturated rings. The minimum Gasteiger partial charge on any atom is -0.480 e. The monoisotopic (exact) mass is 377 g/mol. The van der Waals surface area contributed by atoms with Crippen molar-refractivity contribution in [3.63, 3.8) is 0 Å². The highest BCUT2D eigenvalue weighted by molar-refractivity contribution is 5.88. The topological polar surface area (TPSA) is 47.0 Å². The number of anilines is 2. The normalized spacial score (nSPS) is 17.1. The molecule has 0 unspecified atom stereocenters. The van der Waals surface area contributed by atoms with Gasteiger partial charge in [-0.25, -0.2) is 0 Å². The van der Waals surface area contributed by atoms with Gasteiger partial charge in [-0.1, -0.05) is 48.6 Å². The van der Waals surface area contributed by atoms with Gasteiger partial charge in [-0.3, -0.25) is 9.69 Å². The number of rotatable bonds is 6. The number of fused-ring (bicyclic) bond motifs is 2. The van der Waals surface area contributed by atoms with Gasteiger partial charge in [0.05, 0.1) is 6.54 Å². The van der Waals surface area contributed by atoms with Crippen LogP contribution in [0, 0.1) is 0 Å². The molecule has 0 aliphatic carbocycles. The zero-order chi connectivity index (χ0) is 19.3. The van der Waals surface area contributed by atoms with Crippen molar-refractivity contribution in [1.82, 2.24) is 9.80 Å². The maximum Gasteiger partial charge on any atom is 0.317 e. The van der Waals surface area contributed by atoms with Gasteiger partial charge in [0.1, 0.15) is 0 Å². The average Bonchev–Trinajstić information content (AvgIpc) is 2.86. The molecule has 2 aliphatic heterocycles. The molecule has 2 aromatic rings. The zero-order valence-electron chi connectivity index (χ0n) is 16.1. The lowest BCUT2D eigenvalue weighted by Crippen LogP contribution is -2.48. The SMILES string of the molecule is O=C(O)CN1CCN(CCCN2c3ccccc3C=Cc3ccccc32)CC1. The number of carboxylic acids is 1. The average molecular weight is 377 g/mol. The first kappa shape index (κ1) is 18.7. The first-order valence-corrected chi connectivity index (χ1v) is 10.0. The van der Waals surface area contributed by atoms with Crippen molar-refractivity contribution in [2.75, 3.05) is 50.7 Å². The summed E-state index contributed by atoms with van der Waals surface area (Å²) in [6, 6.07) is 17.1. The highest BCUT2D eigenvalue weighted by Crippen LogP contribution is 2.36. The predicted molar refractivity (Wildman–Crippen MR) is 114 cm³/mol. The smallest absolute Gasteiger partial charge is 0.317 e. The maximum absolute atomic E-state index is 10.9. The van der Waals surface area contributed by atoms with Gasteiger partial charge in [0, 0.05) is 44.1 Å². The molecule has 0 atom stereocenters. The third-order valence-electron chi connectivity index (χ3n) is 5.58. The number of hydrogen-bond donors (Lipinski definition) is 1. The third kappa shape index (κ3) is 4.26. The van der Waals surface area contributed by atoms with Crippen molar-refractivity contribution < 1.29 is 9.90 Å². The fourth-order valence-electron chi connectivity index (χ4n) is 4.11. The van der Waals surface area contributed by atoms with Crippen molar-refractivity contribution in [2.24, 2.45) is 0 Å². The molecule has 0 spiro atoms. The van der Waals surface area contributed by atoms with Crippen LogP contribution in [0.25, 0.3) is 12.2 Å². The molecule has 0 bridgehead atoms. The Morgan fingerprint density at radius 2 is 1.32 bits per heavy atom. The summed E-state index contributed by atoms with van der Waals surface area (Å²) < 4.78 is 0. The van der Waals surface area contributed by atoms with Crippen LogP contribution >= 0.6 is 0 Å². The first-order valence-electron chi connectivity index (χ1n) is 10.0. The number of benzene rings is 2. The minimum atomic E-state index is -0.736. The second-order valence-electron chi connectivity index (χ2n) is 7.47. The first-order chi connectivity index (χ1) is 13.7. The second kappa shape index (κ2) is 8.59. The molecule has 4 rings (SSSR count). The Bertz CT molecular complexity index is 807. The lowest BCUT2D eigenvalue weighted by atomic mass is 10.1. The van der Waals surface area contributed by atoms with E-state index in [2.05, 4.69) is 70.5 Å². The molecule has 28 heavy (non-hydrogen) atoms. The van der Waals surface area contributed by atoms with Crippen LogP contribution in [0.3, 0.4) is 0 Å². The molecule has 146 valence electrons. The van der Waals surface area contributed by atoms with Crippen molar-refractivity contribution in [3.05, 3.63) is 59.7 Å². The van der Waals surface area contributed by atoms with Crippen LogP contribution in [0.4, 0.5) is 11.4 Å². The number of carbonyl (C=O) groups is 1. The van der Waals surface area contributed by atoms with Gasteiger partial charge in [0.25, 0.3) is 0 Å². The number of aliphatic carboxylic acids is 1. The molecule has 5 heteroatoms. The fourth-order valence-corrected chi connectivity index (χ4v) is 4.11. The van der Waals surface area contributed by atoms with Crippen molar-refractivity contribution in [2.45, 2.75) is 6.42 Å². The Morgan fingerprint density at radius 1 is 0.786 bits per heavy atom. The van der Waals surface area contributed by atoms with Gasteiger partial charge in [-0.15, -0.1) is 0 Å². The summed E-state index contributed by atoms with van der Waals surface area (Å²) in [7, 11) is 0. The van der Waals surface area contributed by atoms with Crippen LogP contribution < -0.4 is 4.90 Å². The van der Waals surface area contributed by atoms with E-state index in [-0.39, 0.29) is 6.54 Å². The lowest BCUT2D eigenvalue weighted by Gasteiger charge is -2.34. The van der Waals surface area contributed by atoms with Crippen LogP contribution in [0.1, 0.15) is 17.5 Å². The summed E-state index contributed by atoms with van der Waals surface area (Å²) in [5, 5.41) is 8.93. The van der Waals surface area contributed by atoms with E-state index >= 15 is 0 Å². The van der Waals surface area contributed by atoms with E-state index in [4.69, 9.17) is 5.11 Å². The molecule has 2 aliphatic rings. The highest BCUT2D eigenvalue weighted by atomic mass is 16.4. The molecular formula is C23H27N3O2. The minimum absolute atomic E-state index is 0.155. The van der Waals surface area contributed by atoms with Gasteiger partial charge in [0.15, 0.2) is 0 Å². The van der Waals surface area contributed by atoms with Crippen molar-refractivity contribution in [3.8, 4) is 0 Å². The van der Waals surface area contributed by atoms with Gasteiger partial charge in [-0.05, 0) is 36.2 Å². The van der Waals surface area contributed by atoms with Crippen LogP contribution in [0.2, 0.25) is 0 Å². The Hall–Kier alpha value is -2.63. The maximum atomic E-state index is 10.9. The van der Waals surface area contributed by atoms with Crippen LogP contribution in [0.15, 0.2) is 48.5 Å².